The summed E-state index contributed by atoms with van der Waals surface area (Å²) < 4.78 is 22.6. The molecule has 2 saturated heterocycles. The number of aliphatic hydroxyl groups is 2. The second-order valence-corrected chi connectivity index (χ2v) is 9.59. The Morgan fingerprint density at radius 2 is 2.00 bits per heavy atom. The monoisotopic (exact) mass is 502 g/mol. The zero-order chi connectivity index (χ0) is 25.6. The second kappa shape index (κ2) is 9.32. The maximum absolute atomic E-state index is 11.9. The van der Waals surface area contributed by atoms with Gasteiger partial charge in [-0.1, -0.05) is 24.3 Å². The van der Waals surface area contributed by atoms with Gasteiger partial charge in [0.2, 0.25) is 0 Å². The fourth-order valence-corrected chi connectivity index (χ4v) is 5.41. The van der Waals surface area contributed by atoms with Crippen LogP contribution in [0.1, 0.15) is 39.9 Å². The molecule has 0 saturated carbocycles. The molecule has 0 radical (unpaired) electrons. The first-order chi connectivity index (χ1) is 17.9. The van der Waals surface area contributed by atoms with Crippen molar-refractivity contribution in [3.05, 3.63) is 89.4 Å². The fraction of sp³-hybridized carbons (Fsp3) is 0.276. The Balaban J connectivity index is 1.30. The number of ether oxygens (including phenoxy) is 3. The second-order valence-electron chi connectivity index (χ2n) is 9.59. The van der Waals surface area contributed by atoms with Gasteiger partial charge in [0, 0.05) is 24.0 Å². The summed E-state index contributed by atoms with van der Waals surface area (Å²) in [6, 6.07) is 16.4. The molecule has 1 aromatic heterocycles. The van der Waals surface area contributed by atoms with E-state index in [1.807, 2.05) is 30.3 Å². The number of aromatic carboxylic acids is 1. The molecule has 2 fully saturated rings. The first kappa shape index (κ1) is 23.7. The van der Waals surface area contributed by atoms with Crippen molar-refractivity contribution in [2.75, 3.05) is 6.61 Å². The summed E-state index contributed by atoms with van der Waals surface area (Å²) in [7, 11) is 0. The first-order valence-corrected chi connectivity index (χ1v) is 12.1. The Labute approximate surface area is 212 Å². The number of benzene rings is 3. The fourth-order valence-electron chi connectivity index (χ4n) is 5.41. The molecule has 3 aromatic carbocycles. The van der Waals surface area contributed by atoms with Crippen molar-refractivity contribution in [1.82, 2.24) is 0 Å². The zero-order valence-electron chi connectivity index (χ0n) is 19.9. The summed E-state index contributed by atoms with van der Waals surface area (Å²) in [5.74, 6) is -0.521. The van der Waals surface area contributed by atoms with Crippen LogP contribution in [0, 0.1) is 0 Å². The SMILES string of the molecule is O=C(O)c1cc2ccc(OCc3cccc([C@]4(O)C[C@H]5CO[C@@H](C4)O5)c3)cc2c(-c2ccoc2)c1CO. The van der Waals surface area contributed by atoms with E-state index in [1.54, 1.807) is 24.3 Å². The van der Waals surface area contributed by atoms with Crippen LogP contribution in [0.3, 0.4) is 0 Å². The number of rotatable bonds is 7. The molecule has 0 unspecified atom stereocenters. The largest absolute Gasteiger partial charge is 0.489 e. The summed E-state index contributed by atoms with van der Waals surface area (Å²) in [5.41, 5.74) is 2.33. The quantitative estimate of drug-likeness (QED) is 0.336. The van der Waals surface area contributed by atoms with E-state index in [4.69, 9.17) is 18.6 Å². The lowest BCUT2D eigenvalue weighted by molar-refractivity contribution is -0.159. The van der Waals surface area contributed by atoms with Crippen LogP contribution in [0.4, 0.5) is 0 Å². The molecule has 2 aliphatic heterocycles. The van der Waals surface area contributed by atoms with Gasteiger partial charge in [-0.2, -0.15) is 0 Å². The number of hydrogen-bond donors (Lipinski definition) is 3. The Kier molecular flexibility index (Phi) is 5.97. The van der Waals surface area contributed by atoms with E-state index in [-0.39, 0.29) is 24.6 Å². The molecule has 8 nitrogen and oxygen atoms in total. The highest BCUT2D eigenvalue weighted by Gasteiger charge is 2.45. The number of fused-ring (bicyclic) bond motifs is 3. The van der Waals surface area contributed by atoms with E-state index in [1.165, 1.54) is 12.5 Å². The van der Waals surface area contributed by atoms with Crippen molar-refractivity contribution >= 4 is 16.7 Å². The van der Waals surface area contributed by atoms with Crippen LogP contribution in [0.5, 0.6) is 5.75 Å². The number of carbonyl (C=O) groups is 1. The number of carboxylic acid groups (broad SMARTS) is 1. The first-order valence-electron chi connectivity index (χ1n) is 12.1. The highest BCUT2D eigenvalue weighted by molar-refractivity contribution is 6.05. The van der Waals surface area contributed by atoms with E-state index in [0.717, 1.165) is 16.5 Å². The van der Waals surface area contributed by atoms with Crippen molar-refractivity contribution < 1.29 is 38.7 Å². The van der Waals surface area contributed by atoms with Gasteiger partial charge in [-0.15, -0.1) is 0 Å². The minimum Gasteiger partial charge on any atom is -0.489 e. The van der Waals surface area contributed by atoms with E-state index >= 15 is 0 Å². The van der Waals surface area contributed by atoms with Crippen molar-refractivity contribution in [1.29, 1.82) is 0 Å². The van der Waals surface area contributed by atoms with Gasteiger partial charge in [-0.25, -0.2) is 4.79 Å². The third kappa shape index (κ3) is 4.38. The Morgan fingerprint density at radius 3 is 2.76 bits per heavy atom. The number of hydrogen-bond acceptors (Lipinski definition) is 7. The molecule has 4 aromatic rings. The topological polar surface area (TPSA) is 119 Å². The molecule has 2 bridgehead atoms. The molecule has 6 rings (SSSR count). The summed E-state index contributed by atoms with van der Waals surface area (Å²) in [5, 5.41) is 32.5. The van der Waals surface area contributed by atoms with Gasteiger partial charge >= 0.3 is 5.97 Å². The molecule has 8 heteroatoms. The third-order valence-electron chi connectivity index (χ3n) is 7.17. The molecule has 37 heavy (non-hydrogen) atoms. The van der Waals surface area contributed by atoms with Crippen molar-refractivity contribution in [3.8, 4) is 16.9 Å². The number of furan rings is 1. The molecule has 0 aliphatic carbocycles. The highest BCUT2D eigenvalue weighted by Crippen LogP contribution is 2.41. The van der Waals surface area contributed by atoms with Gasteiger partial charge in [0.05, 0.1) is 43.0 Å². The third-order valence-corrected chi connectivity index (χ3v) is 7.17. The Hall–Kier alpha value is -3.69. The van der Waals surface area contributed by atoms with E-state index in [2.05, 4.69) is 0 Å². The van der Waals surface area contributed by atoms with E-state index < -0.39 is 18.2 Å². The normalized spacial score (nSPS) is 22.9. The molecule has 3 N–H and O–H groups in total. The maximum Gasteiger partial charge on any atom is 0.336 e. The number of carboxylic acids is 1. The lowest BCUT2D eigenvalue weighted by Gasteiger charge is -2.35. The lowest BCUT2D eigenvalue weighted by Crippen LogP contribution is -2.39. The predicted molar refractivity (Wildman–Crippen MR) is 133 cm³/mol. The van der Waals surface area contributed by atoms with Crippen LogP contribution in [-0.2, 0) is 28.3 Å². The Bertz CT molecular complexity index is 1450. The van der Waals surface area contributed by atoms with Gasteiger partial charge in [-0.05, 0) is 57.8 Å². The van der Waals surface area contributed by atoms with Crippen LogP contribution in [0.15, 0.2) is 71.5 Å². The minimum atomic E-state index is -1.11. The van der Waals surface area contributed by atoms with Crippen LogP contribution in [0.2, 0.25) is 0 Å². The smallest absolute Gasteiger partial charge is 0.336 e. The summed E-state index contributed by atoms with van der Waals surface area (Å²) in [4.78, 5) is 11.9. The van der Waals surface area contributed by atoms with Gasteiger partial charge < -0.3 is 33.9 Å². The standard InChI is InChI=1S/C29H26O8/c30-13-25-24(28(31)32)9-18-4-5-21(10-23(18)27(25)19-6-7-34-15-19)35-14-17-2-1-3-20(8-17)29(33)11-22-16-36-26(12-29)37-22/h1-10,15,22,26,30,33H,11-14,16H2,(H,31,32)/t22-,26+,29-/m0/s1. The molecule has 3 heterocycles. The lowest BCUT2D eigenvalue weighted by atomic mass is 9.83. The average Bonchev–Trinajstić information content (AvgIpc) is 3.56. The van der Waals surface area contributed by atoms with Crippen LogP contribution < -0.4 is 4.74 Å². The van der Waals surface area contributed by atoms with Crippen molar-refractivity contribution in [2.45, 2.75) is 44.1 Å². The van der Waals surface area contributed by atoms with Crippen molar-refractivity contribution in [2.24, 2.45) is 0 Å². The molecule has 190 valence electrons. The molecule has 2 aliphatic rings. The van der Waals surface area contributed by atoms with Crippen LogP contribution in [-0.4, -0.2) is 40.3 Å². The van der Waals surface area contributed by atoms with Gasteiger partial charge in [-0.3, -0.25) is 0 Å². The minimum absolute atomic E-state index is 0.0431. The number of aliphatic hydroxyl groups excluding tert-OH is 1. The van der Waals surface area contributed by atoms with Gasteiger partial charge in [0.1, 0.15) is 12.4 Å². The Morgan fingerprint density at radius 1 is 1.11 bits per heavy atom. The highest BCUT2D eigenvalue weighted by atomic mass is 16.7. The van der Waals surface area contributed by atoms with E-state index in [9.17, 15) is 20.1 Å². The summed E-state index contributed by atoms with van der Waals surface area (Å²) in [6.07, 6.45) is 3.43. The molecule has 0 amide bonds. The molecular weight excluding hydrogens is 476 g/mol. The molecular formula is C29H26O8. The van der Waals surface area contributed by atoms with Gasteiger partial charge in [0.15, 0.2) is 6.29 Å². The summed E-state index contributed by atoms with van der Waals surface area (Å²) >= 11 is 0. The van der Waals surface area contributed by atoms with Crippen LogP contribution >= 0.6 is 0 Å². The average molecular weight is 503 g/mol. The van der Waals surface area contributed by atoms with Crippen LogP contribution in [0.25, 0.3) is 21.9 Å². The van der Waals surface area contributed by atoms with E-state index in [0.29, 0.717) is 47.3 Å². The maximum atomic E-state index is 11.9. The predicted octanol–water partition coefficient (Wildman–Crippen LogP) is 4.59. The van der Waals surface area contributed by atoms with Gasteiger partial charge in [0.25, 0.3) is 0 Å². The zero-order valence-corrected chi connectivity index (χ0v) is 19.9. The van der Waals surface area contributed by atoms with Crippen molar-refractivity contribution in [3.63, 3.8) is 0 Å². The summed E-state index contributed by atoms with van der Waals surface area (Å²) in [6.45, 7) is 0.345. The molecule has 3 atom stereocenters. The molecule has 0 spiro atoms.